The minimum atomic E-state index is 0.133. The van der Waals surface area contributed by atoms with E-state index in [9.17, 15) is 0 Å². The van der Waals surface area contributed by atoms with E-state index < -0.39 is 0 Å². The molecule has 0 bridgehead atoms. The van der Waals surface area contributed by atoms with E-state index in [1.165, 1.54) is 15.3 Å². The van der Waals surface area contributed by atoms with Gasteiger partial charge in [-0.25, -0.2) is 4.98 Å². The summed E-state index contributed by atoms with van der Waals surface area (Å²) in [4.78, 5) is 6.95. The van der Waals surface area contributed by atoms with Gasteiger partial charge in [-0.3, -0.25) is 11.3 Å². The third kappa shape index (κ3) is 2.57. The van der Waals surface area contributed by atoms with Crippen LogP contribution in [-0.2, 0) is 13.5 Å². The standard InChI is InChI=1S/C12H18N4S/c1-8-6-11(17-9(8)2)10(15-13)7-12-14-4-5-16(12)3/h4-6,10,15H,7,13H2,1-3H3. The number of thiophene rings is 1. The number of nitrogens with one attached hydrogen (secondary N) is 1. The summed E-state index contributed by atoms with van der Waals surface area (Å²) in [6, 6.07) is 2.33. The molecular formula is C12H18N4S. The van der Waals surface area contributed by atoms with Crippen LogP contribution in [0.15, 0.2) is 18.5 Å². The number of aryl methyl sites for hydroxylation is 3. The van der Waals surface area contributed by atoms with E-state index in [4.69, 9.17) is 5.84 Å². The van der Waals surface area contributed by atoms with Gasteiger partial charge in [-0.1, -0.05) is 0 Å². The molecule has 2 aromatic rings. The first-order valence-electron chi connectivity index (χ1n) is 5.61. The van der Waals surface area contributed by atoms with Crippen LogP contribution in [0.1, 0.15) is 27.2 Å². The maximum absolute atomic E-state index is 5.65. The fourth-order valence-electron chi connectivity index (χ4n) is 1.79. The van der Waals surface area contributed by atoms with Crippen molar-refractivity contribution in [1.82, 2.24) is 15.0 Å². The first-order chi connectivity index (χ1) is 8.11. The minimum absolute atomic E-state index is 0.133. The van der Waals surface area contributed by atoms with Crippen LogP contribution in [0.25, 0.3) is 0 Å². The van der Waals surface area contributed by atoms with Crippen molar-refractivity contribution in [1.29, 1.82) is 0 Å². The topological polar surface area (TPSA) is 55.9 Å². The second kappa shape index (κ2) is 5.00. The molecule has 0 saturated heterocycles. The average molecular weight is 250 g/mol. The highest BCUT2D eigenvalue weighted by Crippen LogP contribution is 2.27. The van der Waals surface area contributed by atoms with Gasteiger partial charge >= 0.3 is 0 Å². The van der Waals surface area contributed by atoms with Crippen LogP contribution in [0, 0.1) is 13.8 Å². The third-order valence-electron chi connectivity index (χ3n) is 3.04. The Kier molecular flexibility index (Phi) is 3.61. The van der Waals surface area contributed by atoms with Gasteiger partial charge in [0.1, 0.15) is 5.82 Å². The number of nitrogens with two attached hydrogens (primary N) is 1. The fourth-order valence-corrected chi connectivity index (χ4v) is 2.89. The average Bonchev–Trinajstić information content (AvgIpc) is 2.83. The Hall–Kier alpha value is -1.17. The van der Waals surface area contributed by atoms with E-state index in [2.05, 4.69) is 30.3 Å². The summed E-state index contributed by atoms with van der Waals surface area (Å²) in [5.74, 6) is 6.69. The number of hydrogen-bond donors (Lipinski definition) is 2. The van der Waals surface area contributed by atoms with Gasteiger partial charge in [-0.2, -0.15) is 0 Å². The van der Waals surface area contributed by atoms with Gasteiger partial charge < -0.3 is 4.57 Å². The molecule has 0 spiro atoms. The van der Waals surface area contributed by atoms with E-state index in [1.807, 2.05) is 24.0 Å². The highest BCUT2D eigenvalue weighted by atomic mass is 32.1. The van der Waals surface area contributed by atoms with Crippen LogP contribution >= 0.6 is 11.3 Å². The normalized spacial score (nSPS) is 12.9. The van der Waals surface area contributed by atoms with E-state index in [0.717, 1.165) is 12.2 Å². The summed E-state index contributed by atoms with van der Waals surface area (Å²) < 4.78 is 2.03. The molecule has 0 aliphatic carbocycles. The summed E-state index contributed by atoms with van der Waals surface area (Å²) in [5.41, 5.74) is 4.21. The zero-order chi connectivity index (χ0) is 12.4. The van der Waals surface area contributed by atoms with Crippen LogP contribution in [0.5, 0.6) is 0 Å². The van der Waals surface area contributed by atoms with Crippen LogP contribution in [0.4, 0.5) is 0 Å². The molecule has 0 radical (unpaired) electrons. The highest BCUT2D eigenvalue weighted by molar-refractivity contribution is 7.12. The lowest BCUT2D eigenvalue weighted by atomic mass is 10.1. The smallest absolute Gasteiger partial charge is 0.110 e. The predicted molar refractivity (Wildman–Crippen MR) is 70.8 cm³/mol. The molecule has 4 nitrogen and oxygen atoms in total. The lowest BCUT2D eigenvalue weighted by molar-refractivity contribution is 0.538. The summed E-state index contributed by atoms with van der Waals surface area (Å²) in [7, 11) is 2.00. The van der Waals surface area contributed by atoms with Crippen LogP contribution in [0.3, 0.4) is 0 Å². The molecule has 1 unspecified atom stereocenters. The number of rotatable bonds is 4. The quantitative estimate of drug-likeness (QED) is 0.643. The van der Waals surface area contributed by atoms with Crippen molar-refractivity contribution < 1.29 is 0 Å². The molecule has 5 heteroatoms. The second-order valence-corrected chi connectivity index (χ2v) is 5.55. The zero-order valence-electron chi connectivity index (χ0n) is 10.4. The molecule has 92 valence electrons. The summed E-state index contributed by atoms with van der Waals surface area (Å²) >= 11 is 1.80. The molecule has 3 N–H and O–H groups in total. The Morgan fingerprint density at radius 1 is 1.53 bits per heavy atom. The van der Waals surface area contributed by atoms with Crippen molar-refractivity contribution in [3.8, 4) is 0 Å². The molecular weight excluding hydrogens is 232 g/mol. The molecule has 0 saturated carbocycles. The molecule has 2 aromatic heterocycles. The number of hydrazine groups is 1. The monoisotopic (exact) mass is 250 g/mol. The Morgan fingerprint density at radius 2 is 2.29 bits per heavy atom. The van der Waals surface area contributed by atoms with Gasteiger partial charge in [0, 0.05) is 35.6 Å². The zero-order valence-corrected chi connectivity index (χ0v) is 11.2. The van der Waals surface area contributed by atoms with Crippen molar-refractivity contribution in [3.05, 3.63) is 39.6 Å². The Morgan fingerprint density at radius 3 is 2.76 bits per heavy atom. The molecule has 17 heavy (non-hydrogen) atoms. The predicted octanol–water partition coefficient (Wildman–Crippen LogP) is 1.85. The van der Waals surface area contributed by atoms with Gasteiger partial charge in [0.25, 0.3) is 0 Å². The summed E-state index contributed by atoms with van der Waals surface area (Å²) in [5, 5.41) is 0. The van der Waals surface area contributed by atoms with Crippen LogP contribution in [0.2, 0.25) is 0 Å². The van der Waals surface area contributed by atoms with E-state index in [0.29, 0.717) is 0 Å². The molecule has 2 heterocycles. The van der Waals surface area contributed by atoms with Gasteiger partial charge in [-0.15, -0.1) is 11.3 Å². The van der Waals surface area contributed by atoms with Gasteiger partial charge in [0.05, 0.1) is 6.04 Å². The molecule has 0 aliphatic rings. The minimum Gasteiger partial charge on any atom is -0.338 e. The molecule has 1 atom stereocenters. The van der Waals surface area contributed by atoms with Crippen molar-refractivity contribution in [2.24, 2.45) is 12.9 Å². The summed E-state index contributed by atoms with van der Waals surface area (Å²) in [6.07, 6.45) is 4.57. The lowest BCUT2D eigenvalue weighted by Crippen LogP contribution is -2.29. The summed E-state index contributed by atoms with van der Waals surface area (Å²) in [6.45, 7) is 4.27. The van der Waals surface area contributed by atoms with Crippen molar-refractivity contribution >= 4 is 11.3 Å². The second-order valence-electron chi connectivity index (χ2n) is 4.27. The Balaban J connectivity index is 2.20. The number of aromatic nitrogens is 2. The van der Waals surface area contributed by atoms with Gasteiger partial charge in [0.15, 0.2) is 0 Å². The van der Waals surface area contributed by atoms with Crippen molar-refractivity contribution in [2.75, 3.05) is 0 Å². The number of hydrogen-bond acceptors (Lipinski definition) is 4. The molecule has 0 fully saturated rings. The Labute approximate surface area is 105 Å². The fraction of sp³-hybridized carbons (Fsp3) is 0.417. The number of imidazole rings is 1. The lowest BCUT2D eigenvalue weighted by Gasteiger charge is -2.13. The first kappa shape index (κ1) is 12.3. The highest BCUT2D eigenvalue weighted by Gasteiger charge is 2.16. The van der Waals surface area contributed by atoms with E-state index in [-0.39, 0.29) is 6.04 Å². The molecule has 2 rings (SSSR count). The Bertz CT molecular complexity index is 481. The number of nitrogens with zero attached hydrogens (tertiary/aromatic N) is 2. The van der Waals surface area contributed by atoms with E-state index >= 15 is 0 Å². The molecule has 0 aromatic carbocycles. The van der Waals surface area contributed by atoms with Gasteiger partial charge in [-0.05, 0) is 25.5 Å². The maximum atomic E-state index is 5.65. The SMILES string of the molecule is Cc1cc(C(Cc2nccn2C)NN)sc1C. The van der Waals surface area contributed by atoms with Crippen LogP contribution < -0.4 is 11.3 Å². The molecule has 0 aliphatic heterocycles. The van der Waals surface area contributed by atoms with Crippen LogP contribution in [-0.4, -0.2) is 9.55 Å². The third-order valence-corrected chi connectivity index (χ3v) is 4.30. The van der Waals surface area contributed by atoms with Crippen molar-refractivity contribution in [3.63, 3.8) is 0 Å². The van der Waals surface area contributed by atoms with E-state index in [1.54, 1.807) is 11.3 Å². The largest absolute Gasteiger partial charge is 0.338 e. The maximum Gasteiger partial charge on any atom is 0.110 e. The van der Waals surface area contributed by atoms with Crippen molar-refractivity contribution in [2.45, 2.75) is 26.3 Å². The van der Waals surface area contributed by atoms with Gasteiger partial charge in [0.2, 0.25) is 0 Å². The molecule has 0 amide bonds. The first-order valence-corrected chi connectivity index (χ1v) is 6.42.